The molecule has 8 aromatic carbocycles. The third kappa shape index (κ3) is 20.9. The smallest absolute Gasteiger partial charge is 0.271 e. The Kier molecular flexibility index (Phi) is 25.7. The first-order valence-corrected chi connectivity index (χ1v) is 35.4. The van der Waals surface area contributed by atoms with Crippen LogP contribution in [0.15, 0.2) is 274 Å². The second-order valence-electron chi connectivity index (χ2n) is 25.2. The minimum Gasteiger partial charge on any atom is -0.489 e. The lowest BCUT2D eigenvalue weighted by Gasteiger charge is -2.10. The average molecular weight is 1580 g/mol. The number of nitrogens with one attached hydrogen (secondary N) is 4. The standard InChI is InChI=1S/C22H17F2N3O2.3C21H16F2N4O2/c23-18-6-2-1-5-15(18)14-29-17-8-9-19(24)16(11-17)12-25-22(28)20-13-27-10-4-3-7-21(27)26-20;22-17-5-2-1-4-14(17)13-29-16-6-7-18(23)15(10-16)11-25-20(28)19-12-27-9-3-8-24-21(27)26-19;22-17-5-2-1-4-14(17)13-29-16-7-8-18(23)15(10-16)11-24-21(28)19-12-27-20(26-19)6-3-9-25-27;22-17-4-2-1-3-14(17)13-29-16-5-6-18(23)15(9-16)10-25-21(28)19-12-27-8-7-24-11-20(27)26-19/h1-11,13H,12,14H2,(H,25,28);1-10,12H,11,13H2,(H,25,28);1-10,12H,11,13H2,(H,24,28);1-9,11-12H,10,13H2,(H,25,28). The molecular weight excluding hydrogens is 1510 g/mol. The molecule has 0 saturated heterocycles. The van der Waals surface area contributed by atoms with E-state index in [-0.39, 0.29) is 121 Å². The van der Waals surface area contributed by atoms with Crippen LogP contribution in [0.25, 0.3) is 22.7 Å². The lowest BCUT2D eigenvalue weighted by atomic mass is 10.2. The number of hydrogen-bond donors (Lipinski definition) is 4. The minimum atomic E-state index is -0.486. The van der Waals surface area contributed by atoms with Gasteiger partial charge in [0.05, 0.1) is 12.4 Å². The van der Waals surface area contributed by atoms with Gasteiger partial charge in [0, 0.05) is 126 Å². The third-order valence-corrected chi connectivity index (χ3v) is 17.3. The number of halogens is 8. The SMILES string of the molecule is O=C(NCc1cc(OCc2ccccc2F)ccc1F)c1cn2ccccc2n1.O=C(NCc1cc(OCc2ccccc2F)ccc1F)c1cn2cccnc2n1.O=C(NCc1cc(OCc2ccccc2F)ccc1F)c1cn2ccncc2n1.O=C(NCc1cc(OCc2ccccc2F)ccc1F)c1cn2ncccc2n1. The molecule has 8 heterocycles. The van der Waals surface area contributed by atoms with Gasteiger partial charge in [-0.05, 0) is 127 Å². The summed E-state index contributed by atoms with van der Waals surface area (Å²) in [6.45, 7) is -0.129. The quantitative estimate of drug-likeness (QED) is 0.0410. The van der Waals surface area contributed by atoms with Crippen LogP contribution in [-0.2, 0) is 52.6 Å². The van der Waals surface area contributed by atoms with Crippen LogP contribution in [0.4, 0.5) is 35.1 Å². The summed E-state index contributed by atoms with van der Waals surface area (Å²) < 4.78 is 140. The van der Waals surface area contributed by atoms with Gasteiger partial charge in [0.25, 0.3) is 23.6 Å². The van der Waals surface area contributed by atoms with E-state index in [0.717, 1.165) is 0 Å². The van der Waals surface area contributed by atoms with Crippen LogP contribution in [0.5, 0.6) is 23.0 Å². The molecule has 0 bridgehead atoms. The fraction of sp³-hybridized carbons (Fsp3) is 0.0941. The van der Waals surface area contributed by atoms with Gasteiger partial charge in [-0.25, -0.2) is 64.6 Å². The molecule has 0 radical (unpaired) electrons. The predicted molar refractivity (Wildman–Crippen MR) is 407 cm³/mol. The fourth-order valence-corrected chi connectivity index (χ4v) is 11.2. The summed E-state index contributed by atoms with van der Waals surface area (Å²) in [7, 11) is 0. The first kappa shape index (κ1) is 78.9. The summed E-state index contributed by atoms with van der Waals surface area (Å²) in [5.41, 5.74) is 5.08. The zero-order valence-corrected chi connectivity index (χ0v) is 60.8. The van der Waals surface area contributed by atoms with Gasteiger partial charge in [-0.3, -0.25) is 28.6 Å². The number of aromatic nitrogens is 11. The molecule has 31 heteroatoms. The molecule has 16 rings (SSSR count). The molecule has 23 nitrogen and oxygen atoms in total. The number of rotatable bonds is 24. The molecule has 0 aliphatic carbocycles. The molecule has 0 saturated carbocycles. The number of amides is 4. The molecule has 4 amide bonds. The van der Waals surface area contributed by atoms with Gasteiger partial charge >= 0.3 is 0 Å². The van der Waals surface area contributed by atoms with Crippen molar-refractivity contribution in [1.82, 2.24) is 74.0 Å². The van der Waals surface area contributed by atoms with Gasteiger partial charge in [0.1, 0.15) is 124 Å². The Bertz CT molecular complexity index is 5310. The van der Waals surface area contributed by atoms with Crippen molar-refractivity contribution in [2.24, 2.45) is 0 Å². The number of benzene rings is 8. The minimum absolute atomic E-state index is 0.0123. The van der Waals surface area contributed by atoms with E-state index in [1.54, 1.807) is 166 Å². The maximum Gasteiger partial charge on any atom is 0.271 e. The number of hydrogen-bond acceptors (Lipinski definition) is 15. The molecule has 116 heavy (non-hydrogen) atoms. The Morgan fingerprint density at radius 2 is 0.655 bits per heavy atom. The van der Waals surface area contributed by atoms with E-state index in [4.69, 9.17) is 18.9 Å². The summed E-state index contributed by atoms with van der Waals surface area (Å²) in [6.07, 6.45) is 17.7. The zero-order chi connectivity index (χ0) is 80.9. The summed E-state index contributed by atoms with van der Waals surface area (Å²) >= 11 is 0. The highest BCUT2D eigenvalue weighted by Gasteiger charge is 2.19. The average Bonchev–Trinajstić information content (AvgIpc) is 1.20. The maximum absolute atomic E-state index is 14.1. The normalized spacial score (nSPS) is 10.8. The molecule has 8 aromatic heterocycles. The van der Waals surface area contributed by atoms with E-state index >= 15 is 0 Å². The number of fused-ring (bicyclic) bond motifs is 4. The van der Waals surface area contributed by atoms with Gasteiger partial charge in [-0.15, -0.1) is 0 Å². The number of nitrogens with zero attached hydrogens (tertiary/aromatic N) is 11. The van der Waals surface area contributed by atoms with Gasteiger partial charge in [0.2, 0.25) is 5.78 Å². The van der Waals surface area contributed by atoms with Crippen molar-refractivity contribution in [3.63, 3.8) is 0 Å². The highest BCUT2D eigenvalue weighted by atomic mass is 19.2. The molecule has 0 unspecified atom stereocenters. The summed E-state index contributed by atoms with van der Waals surface area (Å²) in [5, 5.41) is 14.6. The lowest BCUT2D eigenvalue weighted by molar-refractivity contribution is 0.0938. The van der Waals surface area contributed by atoms with Crippen molar-refractivity contribution < 1.29 is 73.2 Å². The van der Waals surface area contributed by atoms with Crippen molar-refractivity contribution in [3.8, 4) is 23.0 Å². The van der Waals surface area contributed by atoms with E-state index < -0.39 is 46.9 Å². The molecule has 0 fully saturated rings. The summed E-state index contributed by atoms with van der Waals surface area (Å²) in [5.74, 6) is -3.27. The van der Waals surface area contributed by atoms with Crippen molar-refractivity contribution in [2.45, 2.75) is 52.6 Å². The van der Waals surface area contributed by atoms with Crippen molar-refractivity contribution in [3.05, 3.63) is 388 Å². The first-order valence-electron chi connectivity index (χ1n) is 35.4. The third-order valence-electron chi connectivity index (χ3n) is 17.3. The number of pyridine rings is 1. The number of ether oxygens (including phenoxy) is 4. The van der Waals surface area contributed by atoms with Crippen molar-refractivity contribution in [1.29, 1.82) is 0 Å². The Labute approximate surface area is 654 Å². The Hall–Kier alpha value is -15.2. The Morgan fingerprint density at radius 3 is 1.05 bits per heavy atom. The highest BCUT2D eigenvalue weighted by molar-refractivity contribution is 5.94. The monoisotopic (exact) mass is 1580 g/mol. The van der Waals surface area contributed by atoms with E-state index in [0.29, 0.717) is 68.0 Å². The largest absolute Gasteiger partial charge is 0.489 e. The van der Waals surface area contributed by atoms with Crippen LogP contribution < -0.4 is 40.2 Å². The predicted octanol–water partition coefficient (Wildman–Crippen LogP) is 14.7. The van der Waals surface area contributed by atoms with Gasteiger partial charge in [-0.1, -0.05) is 78.9 Å². The molecule has 16 aromatic rings. The van der Waals surface area contributed by atoms with Gasteiger partial charge in [0.15, 0.2) is 11.3 Å². The lowest BCUT2D eigenvalue weighted by Crippen LogP contribution is -2.23. The van der Waals surface area contributed by atoms with Crippen molar-refractivity contribution in [2.75, 3.05) is 0 Å². The molecule has 0 aliphatic rings. The van der Waals surface area contributed by atoms with Crippen LogP contribution in [0.3, 0.4) is 0 Å². The zero-order valence-electron chi connectivity index (χ0n) is 60.8. The van der Waals surface area contributed by atoms with Crippen LogP contribution >= 0.6 is 0 Å². The van der Waals surface area contributed by atoms with E-state index in [1.807, 2.05) is 12.1 Å². The molecule has 0 spiro atoms. The number of carbonyl (C=O) groups excluding carboxylic acids is 4. The molecule has 0 atom stereocenters. The summed E-state index contributed by atoms with van der Waals surface area (Å²) in [6, 6.07) is 52.4. The topological polar surface area (TPSA) is 261 Å². The van der Waals surface area contributed by atoms with E-state index in [9.17, 15) is 54.3 Å². The van der Waals surface area contributed by atoms with Crippen molar-refractivity contribution >= 4 is 46.3 Å². The molecule has 0 aliphatic heterocycles. The summed E-state index contributed by atoms with van der Waals surface area (Å²) in [4.78, 5) is 74.0. The van der Waals surface area contributed by atoms with Crippen LogP contribution in [-0.4, -0.2) is 76.3 Å². The van der Waals surface area contributed by atoms with Crippen LogP contribution in [0, 0.1) is 46.5 Å². The second kappa shape index (κ2) is 37.7. The van der Waals surface area contributed by atoms with Crippen LogP contribution in [0.1, 0.15) is 86.5 Å². The van der Waals surface area contributed by atoms with E-state index in [2.05, 4.69) is 56.3 Å². The van der Waals surface area contributed by atoms with Gasteiger partial charge in [-0.2, -0.15) is 5.10 Å². The van der Waals surface area contributed by atoms with E-state index in [1.165, 1.54) is 114 Å². The maximum atomic E-state index is 14.1. The Morgan fingerprint density at radius 1 is 0.310 bits per heavy atom. The Balaban J connectivity index is 0.000000135. The van der Waals surface area contributed by atoms with Gasteiger partial charge < -0.3 is 49.0 Å². The number of imidazole rings is 4. The molecular formula is C85H65F8N15O8. The molecule has 584 valence electrons. The highest BCUT2D eigenvalue weighted by Crippen LogP contribution is 2.25. The van der Waals surface area contributed by atoms with Crippen LogP contribution in [0.2, 0.25) is 0 Å². The number of carbonyl (C=O) groups is 4. The first-order chi connectivity index (χ1) is 56.4. The molecule has 4 N–H and O–H groups in total. The second-order valence-corrected chi connectivity index (χ2v) is 25.2. The fourth-order valence-electron chi connectivity index (χ4n) is 11.2.